The monoisotopic (exact) mass is 412 g/mol. The van der Waals surface area contributed by atoms with Crippen molar-refractivity contribution >= 4 is 12.3 Å². The van der Waals surface area contributed by atoms with Crippen molar-refractivity contribution in [2.24, 2.45) is 0 Å². The van der Waals surface area contributed by atoms with Crippen LogP contribution in [0.1, 0.15) is 81.5 Å². The maximum absolute atomic E-state index is 12.0. The summed E-state index contributed by atoms with van der Waals surface area (Å²) in [6.45, 7) is 2.15. The lowest BCUT2D eigenvalue weighted by Gasteiger charge is -2.09. The lowest BCUT2D eigenvalue weighted by Crippen LogP contribution is -2.08. The molecule has 0 fully saturated rings. The average Bonchev–Trinajstić information content (AvgIpc) is 2.76. The molecule has 0 aliphatic carbocycles. The molecule has 0 saturated heterocycles. The molecule has 1 aromatic carbocycles. The van der Waals surface area contributed by atoms with Crippen LogP contribution < -0.4 is 9.47 Å². The van der Waals surface area contributed by atoms with E-state index in [0.717, 1.165) is 51.2 Å². The number of unbranched alkanes of at least 4 members (excludes halogenated alkanes) is 5. The maximum atomic E-state index is 12.0. The van der Waals surface area contributed by atoms with Crippen molar-refractivity contribution in [2.75, 3.05) is 7.11 Å². The first-order valence-corrected chi connectivity index (χ1v) is 11.0. The van der Waals surface area contributed by atoms with Crippen molar-refractivity contribution in [1.29, 1.82) is 0 Å². The van der Waals surface area contributed by atoms with Crippen LogP contribution in [0, 0.1) is 0 Å². The van der Waals surface area contributed by atoms with Gasteiger partial charge >= 0.3 is 5.97 Å². The van der Waals surface area contributed by atoms with Gasteiger partial charge in [-0.25, -0.2) is 0 Å². The van der Waals surface area contributed by atoms with Gasteiger partial charge in [0.05, 0.1) is 7.11 Å². The standard InChI is InChI=1S/C26H36O4/c1-3-4-5-6-7-8-9-10-11-12-13-14-15-16-17-18-26(28)30-24-20-19-23(22-27)21-25(24)29-2/h4-5,7-8,10-11,19-22H,3,6,9,12-18H2,1-2H3/b5-4-,8-7-,11-10-. The van der Waals surface area contributed by atoms with Crippen LogP contribution >= 0.6 is 0 Å². The van der Waals surface area contributed by atoms with Gasteiger partial charge in [0.25, 0.3) is 0 Å². The Hall–Kier alpha value is -2.62. The first-order chi connectivity index (χ1) is 14.7. The minimum Gasteiger partial charge on any atom is -0.493 e. The molecule has 164 valence electrons. The van der Waals surface area contributed by atoms with E-state index in [-0.39, 0.29) is 5.97 Å². The van der Waals surface area contributed by atoms with E-state index in [1.54, 1.807) is 18.2 Å². The number of esters is 1. The highest BCUT2D eigenvalue weighted by Crippen LogP contribution is 2.28. The van der Waals surface area contributed by atoms with E-state index in [9.17, 15) is 9.59 Å². The van der Waals surface area contributed by atoms with E-state index < -0.39 is 0 Å². The minimum absolute atomic E-state index is 0.270. The first-order valence-electron chi connectivity index (χ1n) is 11.0. The van der Waals surface area contributed by atoms with Crippen LogP contribution in [0.4, 0.5) is 0 Å². The number of methoxy groups -OCH3 is 1. The van der Waals surface area contributed by atoms with Gasteiger partial charge in [-0.1, -0.05) is 62.6 Å². The van der Waals surface area contributed by atoms with Crippen molar-refractivity contribution < 1.29 is 19.1 Å². The highest BCUT2D eigenvalue weighted by molar-refractivity contribution is 5.78. The maximum Gasteiger partial charge on any atom is 0.311 e. The van der Waals surface area contributed by atoms with Gasteiger partial charge in [0, 0.05) is 12.0 Å². The fourth-order valence-corrected chi connectivity index (χ4v) is 2.90. The molecule has 0 aliphatic heterocycles. The first kappa shape index (κ1) is 25.4. The highest BCUT2D eigenvalue weighted by Gasteiger charge is 2.10. The Kier molecular flexibility index (Phi) is 14.6. The quantitative estimate of drug-likeness (QED) is 0.0964. The third kappa shape index (κ3) is 12.1. The molecular weight excluding hydrogens is 376 g/mol. The number of allylic oxidation sites excluding steroid dienone is 6. The summed E-state index contributed by atoms with van der Waals surface area (Å²) in [4.78, 5) is 22.8. The Labute approximate surface area is 181 Å². The Morgan fingerprint density at radius 2 is 1.53 bits per heavy atom. The van der Waals surface area contributed by atoms with Crippen LogP contribution in [0.3, 0.4) is 0 Å². The van der Waals surface area contributed by atoms with E-state index in [2.05, 4.69) is 43.4 Å². The number of hydrogen-bond acceptors (Lipinski definition) is 4. The van der Waals surface area contributed by atoms with Gasteiger partial charge in [0.15, 0.2) is 11.5 Å². The second-order valence-corrected chi connectivity index (χ2v) is 7.10. The molecule has 0 amide bonds. The fourth-order valence-electron chi connectivity index (χ4n) is 2.90. The molecule has 0 bridgehead atoms. The predicted molar refractivity (Wildman–Crippen MR) is 123 cm³/mol. The average molecular weight is 413 g/mol. The molecule has 4 nitrogen and oxygen atoms in total. The summed E-state index contributed by atoms with van der Waals surface area (Å²) < 4.78 is 10.5. The zero-order valence-electron chi connectivity index (χ0n) is 18.5. The molecule has 0 aliphatic rings. The number of rotatable bonds is 16. The molecule has 0 N–H and O–H groups in total. The van der Waals surface area contributed by atoms with Crippen LogP contribution in [0.5, 0.6) is 11.5 Å². The second-order valence-electron chi connectivity index (χ2n) is 7.10. The van der Waals surface area contributed by atoms with E-state index in [1.165, 1.54) is 20.0 Å². The van der Waals surface area contributed by atoms with Gasteiger partial charge < -0.3 is 9.47 Å². The van der Waals surface area contributed by atoms with Gasteiger partial charge in [-0.3, -0.25) is 9.59 Å². The topological polar surface area (TPSA) is 52.6 Å². The SMILES string of the molecule is CC/C=C\C/C=C\C/C=C\CCCCCCCC(=O)Oc1ccc(C=O)cc1OC. The number of carbonyl (C=O) groups excluding carboxylic acids is 2. The number of benzene rings is 1. The third-order valence-corrected chi connectivity index (χ3v) is 4.58. The van der Waals surface area contributed by atoms with Gasteiger partial charge in [0.1, 0.15) is 6.29 Å². The van der Waals surface area contributed by atoms with Crippen LogP contribution in [-0.2, 0) is 4.79 Å². The van der Waals surface area contributed by atoms with Crippen molar-refractivity contribution in [2.45, 2.75) is 71.1 Å². The lowest BCUT2D eigenvalue weighted by molar-refractivity contribution is -0.134. The fraction of sp³-hybridized carbons (Fsp3) is 0.462. The molecule has 0 aromatic heterocycles. The Morgan fingerprint density at radius 1 is 0.867 bits per heavy atom. The molecule has 0 spiro atoms. The van der Waals surface area contributed by atoms with E-state index in [4.69, 9.17) is 9.47 Å². The molecule has 1 aromatic rings. The molecule has 4 heteroatoms. The summed E-state index contributed by atoms with van der Waals surface area (Å²) in [5.74, 6) is 0.477. The van der Waals surface area contributed by atoms with E-state index in [1.807, 2.05) is 0 Å². The molecule has 0 atom stereocenters. The second kappa shape index (κ2) is 17.3. The predicted octanol–water partition coefficient (Wildman–Crippen LogP) is 7.00. The number of ether oxygens (including phenoxy) is 2. The zero-order valence-corrected chi connectivity index (χ0v) is 18.5. The molecule has 0 heterocycles. The molecule has 0 saturated carbocycles. The van der Waals surface area contributed by atoms with Crippen molar-refractivity contribution in [3.05, 3.63) is 60.2 Å². The molecule has 1 rings (SSSR count). The molecular formula is C26H36O4. The van der Waals surface area contributed by atoms with Gasteiger partial charge in [-0.2, -0.15) is 0 Å². The van der Waals surface area contributed by atoms with E-state index >= 15 is 0 Å². The van der Waals surface area contributed by atoms with Gasteiger partial charge in [-0.15, -0.1) is 0 Å². The Balaban J connectivity index is 2.06. The summed E-state index contributed by atoms with van der Waals surface area (Å²) in [5.41, 5.74) is 0.484. The van der Waals surface area contributed by atoms with Crippen molar-refractivity contribution in [3.8, 4) is 11.5 Å². The third-order valence-electron chi connectivity index (χ3n) is 4.58. The normalized spacial score (nSPS) is 11.5. The summed E-state index contributed by atoms with van der Waals surface area (Å²) >= 11 is 0. The Morgan fingerprint density at radius 3 is 2.23 bits per heavy atom. The minimum atomic E-state index is -0.270. The zero-order chi connectivity index (χ0) is 21.9. The highest BCUT2D eigenvalue weighted by atomic mass is 16.6. The lowest BCUT2D eigenvalue weighted by atomic mass is 10.1. The number of carbonyl (C=O) groups is 2. The van der Waals surface area contributed by atoms with Crippen molar-refractivity contribution in [3.63, 3.8) is 0 Å². The van der Waals surface area contributed by atoms with Gasteiger partial charge in [0.2, 0.25) is 0 Å². The van der Waals surface area contributed by atoms with Crippen LogP contribution in [-0.4, -0.2) is 19.4 Å². The number of hydrogen-bond donors (Lipinski definition) is 0. The molecule has 0 radical (unpaired) electrons. The van der Waals surface area contributed by atoms with E-state index in [0.29, 0.717) is 23.5 Å². The molecule has 30 heavy (non-hydrogen) atoms. The van der Waals surface area contributed by atoms with Crippen LogP contribution in [0.15, 0.2) is 54.7 Å². The Bertz CT molecular complexity index is 701. The smallest absolute Gasteiger partial charge is 0.311 e. The van der Waals surface area contributed by atoms with Crippen molar-refractivity contribution in [1.82, 2.24) is 0 Å². The summed E-state index contributed by atoms with van der Waals surface area (Å²) in [6.07, 6.45) is 24.0. The van der Waals surface area contributed by atoms with Crippen LogP contribution in [0.25, 0.3) is 0 Å². The largest absolute Gasteiger partial charge is 0.493 e. The summed E-state index contributed by atoms with van der Waals surface area (Å²) in [6, 6.07) is 4.76. The summed E-state index contributed by atoms with van der Waals surface area (Å²) in [7, 11) is 1.49. The number of aldehydes is 1. The molecule has 0 unspecified atom stereocenters. The van der Waals surface area contributed by atoms with Crippen LogP contribution in [0.2, 0.25) is 0 Å². The van der Waals surface area contributed by atoms with Gasteiger partial charge in [-0.05, 0) is 56.7 Å². The summed E-state index contributed by atoms with van der Waals surface area (Å²) in [5, 5.41) is 0.